The molecule has 2 aromatic carbocycles. The van der Waals surface area contributed by atoms with Crippen molar-refractivity contribution in [3.8, 4) is 5.75 Å². The molecule has 0 spiro atoms. The maximum atomic E-state index is 5.52. The fourth-order valence-electron chi connectivity index (χ4n) is 4.44. The quantitative estimate of drug-likeness (QED) is 0.542. The van der Waals surface area contributed by atoms with Gasteiger partial charge in [0, 0.05) is 31.7 Å². The van der Waals surface area contributed by atoms with Crippen molar-refractivity contribution < 1.29 is 4.74 Å². The lowest BCUT2D eigenvalue weighted by Crippen LogP contribution is -2.56. The Hall–Kier alpha value is -2.14. The second-order valence-corrected chi connectivity index (χ2v) is 8.83. The van der Waals surface area contributed by atoms with E-state index in [-0.39, 0.29) is 6.04 Å². The highest BCUT2D eigenvalue weighted by atomic mass is 32.1. The van der Waals surface area contributed by atoms with Gasteiger partial charge in [-0.2, -0.15) is 11.3 Å². The zero-order valence-corrected chi connectivity index (χ0v) is 18.3. The first-order valence-electron chi connectivity index (χ1n) is 10.4. The predicted octanol–water partition coefficient (Wildman–Crippen LogP) is 5.44. The molecule has 0 radical (unpaired) electrons. The fourth-order valence-corrected chi connectivity index (χ4v) is 5.12. The van der Waals surface area contributed by atoms with E-state index in [0.717, 1.165) is 25.4 Å². The number of thiophene rings is 1. The minimum Gasteiger partial charge on any atom is -0.497 e. The average Bonchev–Trinajstić information content (AvgIpc) is 3.27. The van der Waals surface area contributed by atoms with Gasteiger partial charge < -0.3 is 4.74 Å². The fraction of sp³-hybridized carbons (Fsp3) is 0.360. The van der Waals surface area contributed by atoms with Crippen molar-refractivity contribution >= 4 is 11.3 Å². The van der Waals surface area contributed by atoms with Gasteiger partial charge in [-0.3, -0.25) is 9.80 Å². The molecule has 152 valence electrons. The molecule has 0 saturated carbocycles. The smallest absolute Gasteiger partial charge is 0.119 e. The van der Waals surface area contributed by atoms with Crippen molar-refractivity contribution in [3.63, 3.8) is 0 Å². The van der Waals surface area contributed by atoms with Crippen LogP contribution >= 0.6 is 11.3 Å². The number of hydrogen-bond acceptors (Lipinski definition) is 4. The maximum absolute atomic E-state index is 5.52. The average molecular weight is 407 g/mol. The lowest BCUT2D eigenvalue weighted by atomic mass is 9.95. The van der Waals surface area contributed by atoms with Crippen LogP contribution in [0.5, 0.6) is 5.75 Å². The van der Waals surface area contributed by atoms with Gasteiger partial charge in [0.1, 0.15) is 5.75 Å². The molecule has 3 atom stereocenters. The van der Waals surface area contributed by atoms with Crippen LogP contribution in [0.4, 0.5) is 0 Å². The molecule has 0 unspecified atom stereocenters. The van der Waals surface area contributed by atoms with Gasteiger partial charge in [0.25, 0.3) is 0 Å². The highest BCUT2D eigenvalue weighted by Crippen LogP contribution is 2.35. The van der Waals surface area contributed by atoms with Gasteiger partial charge in [-0.15, -0.1) is 0 Å². The van der Waals surface area contributed by atoms with Crippen LogP contribution in [0, 0.1) is 0 Å². The van der Waals surface area contributed by atoms with Crippen LogP contribution in [0.3, 0.4) is 0 Å². The third-order valence-electron chi connectivity index (χ3n) is 5.99. The molecular formula is C25H30N2OS. The van der Waals surface area contributed by atoms with Gasteiger partial charge in [0.05, 0.1) is 13.2 Å². The molecule has 1 saturated heterocycles. The standard InChI is InChI=1S/C25H30N2OS/c1-19-16-27(20(2)15-26(19)17-21-8-5-4-6-9-21)25(23-12-13-29-18-23)22-10-7-11-24(14-22)28-3/h4-14,18-20,25H,15-17H2,1-3H3/t19-,20+,25+/m1/s1. The summed E-state index contributed by atoms with van der Waals surface area (Å²) in [6.07, 6.45) is 0. The molecule has 1 aliphatic heterocycles. The molecule has 3 nitrogen and oxygen atoms in total. The van der Waals surface area contributed by atoms with E-state index in [1.165, 1.54) is 16.7 Å². The zero-order valence-electron chi connectivity index (χ0n) is 17.5. The van der Waals surface area contributed by atoms with Crippen LogP contribution in [-0.4, -0.2) is 42.1 Å². The van der Waals surface area contributed by atoms with Gasteiger partial charge in [-0.05, 0) is 59.5 Å². The van der Waals surface area contributed by atoms with Crippen molar-refractivity contribution in [1.82, 2.24) is 9.80 Å². The molecule has 1 fully saturated rings. The van der Waals surface area contributed by atoms with E-state index in [0.29, 0.717) is 12.1 Å². The Bertz CT molecular complexity index is 896. The van der Waals surface area contributed by atoms with Gasteiger partial charge >= 0.3 is 0 Å². The predicted molar refractivity (Wildman–Crippen MR) is 122 cm³/mol. The van der Waals surface area contributed by atoms with E-state index in [1.54, 1.807) is 18.4 Å². The van der Waals surface area contributed by atoms with Crippen molar-refractivity contribution in [2.45, 2.75) is 38.5 Å². The summed E-state index contributed by atoms with van der Waals surface area (Å²) in [5.74, 6) is 0.922. The number of rotatable bonds is 6. The molecular weight excluding hydrogens is 376 g/mol. The summed E-state index contributed by atoms with van der Waals surface area (Å²) in [6, 6.07) is 22.9. The van der Waals surface area contributed by atoms with Crippen LogP contribution in [-0.2, 0) is 6.54 Å². The summed E-state index contributed by atoms with van der Waals surface area (Å²) >= 11 is 1.77. The third kappa shape index (κ3) is 4.55. The summed E-state index contributed by atoms with van der Waals surface area (Å²) in [5, 5.41) is 4.47. The van der Waals surface area contributed by atoms with Crippen LogP contribution < -0.4 is 4.74 Å². The molecule has 3 aromatic rings. The van der Waals surface area contributed by atoms with E-state index in [4.69, 9.17) is 4.74 Å². The topological polar surface area (TPSA) is 15.7 Å². The highest BCUT2D eigenvalue weighted by molar-refractivity contribution is 7.08. The Morgan fingerprint density at radius 1 is 0.966 bits per heavy atom. The van der Waals surface area contributed by atoms with E-state index in [1.807, 2.05) is 6.07 Å². The van der Waals surface area contributed by atoms with Gasteiger partial charge in [0.2, 0.25) is 0 Å². The summed E-state index contributed by atoms with van der Waals surface area (Å²) in [4.78, 5) is 5.29. The normalized spacial score (nSPS) is 21.8. The zero-order chi connectivity index (χ0) is 20.2. The van der Waals surface area contributed by atoms with Crippen LogP contribution in [0.2, 0.25) is 0 Å². The Morgan fingerprint density at radius 2 is 1.79 bits per heavy atom. The van der Waals surface area contributed by atoms with Crippen molar-refractivity contribution in [2.24, 2.45) is 0 Å². The maximum Gasteiger partial charge on any atom is 0.119 e. The van der Waals surface area contributed by atoms with Crippen molar-refractivity contribution in [3.05, 3.63) is 88.1 Å². The van der Waals surface area contributed by atoms with Gasteiger partial charge in [-0.25, -0.2) is 0 Å². The summed E-state index contributed by atoms with van der Waals surface area (Å²) in [5.41, 5.74) is 4.07. The minimum atomic E-state index is 0.257. The first kappa shape index (κ1) is 20.1. The van der Waals surface area contributed by atoms with Crippen molar-refractivity contribution in [1.29, 1.82) is 0 Å². The molecule has 0 N–H and O–H groups in total. The lowest BCUT2D eigenvalue weighted by molar-refractivity contribution is 0.0196. The molecule has 0 amide bonds. The molecule has 0 bridgehead atoms. The van der Waals surface area contributed by atoms with Gasteiger partial charge in [-0.1, -0.05) is 42.5 Å². The van der Waals surface area contributed by atoms with Crippen molar-refractivity contribution in [2.75, 3.05) is 20.2 Å². The Labute approximate surface area is 178 Å². The Kier molecular flexibility index (Phi) is 6.34. The van der Waals surface area contributed by atoms with Crippen LogP contribution in [0.1, 0.15) is 36.6 Å². The van der Waals surface area contributed by atoms with Crippen LogP contribution in [0.15, 0.2) is 71.4 Å². The molecule has 29 heavy (non-hydrogen) atoms. The number of nitrogens with zero attached hydrogens (tertiary/aromatic N) is 2. The van der Waals surface area contributed by atoms with E-state index in [2.05, 4.69) is 89.0 Å². The van der Waals surface area contributed by atoms with E-state index in [9.17, 15) is 0 Å². The lowest BCUT2D eigenvalue weighted by Gasteiger charge is -2.47. The summed E-state index contributed by atoms with van der Waals surface area (Å²) < 4.78 is 5.52. The second kappa shape index (κ2) is 9.12. The highest BCUT2D eigenvalue weighted by Gasteiger charge is 2.35. The molecule has 4 rings (SSSR count). The Morgan fingerprint density at radius 3 is 2.52 bits per heavy atom. The molecule has 2 heterocycles. The largest absolute Gasteiger partial charge is 0.497 e. The monoisotopic (exact) mass is 406 g/mol. The number of hydrogen-bond donors (Lipinski definition) is 0. The Balaban J connectivity index is 1.59. The first-order chi connectivity index (χ1) is 14.2. The number of ether oxygens (including phenoxy) is 1. The number of methoxy groups -OCH3 is 1. The van der Waals surface area contributed by atoms with Gasteiger partial charge in [0.15, 0.2) is 0 Å². The van der Waals surface area contributed by atoms with E-state index >= 15 is 0 Å². The first-order valence-corrected chi connectivity index (χ1v) is 11.3. The molecule has 1 aliphatic rings. The summed E-state index contributed by atoms with van der Waals surface area (Å²) in [6.45, 7) is 7.86. The molecule has 0 aliphatic carbocycles. The second-order valence-electron chi connectivity index (χ2n) is 8.05. The van der Waals surface area contributed by atoms with Crippen LogP contribution in [0.25, 0.3) is 0 Å². The molecule has 1 aromatic heterocycles. The summed E-state index contributed by atoms with van der Waals surface area (Å²) in [7, 11) is 1.74. The molecule has 4 heteroatoms. The number of benzene rings is 2. The van der Waals surface area contributed by atoms with E-state index < -0.39 is 0 Å². The third-order valence-corrected chi connectivity index (χ3v) is 6.69. The SMILES string of the molecule is COc1cccc([C@@H](c2ccsc2)N2C[C@@H](C)N(Cc3ccccc3)C[C@@H]2C)c1. The minimum absolute atomic E-state index is 0.257. The number of piperazine rings is 1.